The third kappa shape index (κ3) is 3.52. The Balaban J connectivity index is 2.26. The minimum atomic E-state index is -1.45. The molecular weight excluding hydrogens is 316 g/mol. The smallest absolute Gasteiger partial charge is 0.338 e. The minimum absolute atomic E-state index is 0.0828. The fourth-order valence-corrected chi connectivity index (χ4v) is 2.94. The van der Waals surface area contributed by atoms with Crippen molar-refractivity contribution in [2.75, 3.05) is 13.7 Å². The first-order chi connectivity index (χ1) is 11.3. The predicted molar refractivity (Wildman–Crippen MR) is 83.8 cm³/mol. The number of rotatable bonds is 6. The molecule has 7 nitrogen and oxygen atoms in total. The van der Waals surface area contributed by atoms with Gasteiger partial charge in [-0.3, -0.25) is 4.79 Å². The van der Waals surface area contributed by atoms with Crippen LogP contribution in [0.5, 0.6) is 11.5 Å². The second-order valence-corrected chi connectivity index (χ2v) is 6.14. The molecular formula is C17H22O7. The lowest BCUT2D eigenvalue weighted by Crippen LogP contribution is -2.42. The van der Waals surface area contributed by atoms with Crippen molar-refractivity contribution in [3.63, 3.8) is 0 Å². The average molecular weight is 338 g/mol. The van der Waals surface area contributed by atoms with Gasteiger partial charge >= 0.3 is 5.97 Å². The van der Waals surface area contributed by atoms with Crippen LogP contribution in [-0.2, 0) is 14.3 Å². The average Bonchev–Trinajstić information content (AvgIpc) is 3.00. The number of ketones is 1. The maximum atomic E-state index is 12.5. The van der Waals surface area contributed by atoms with E-state index in [4.69, 9.17) is 9.47 Å². The number of ether oxygens (including phenoxy) is 2. The van der Waals surface area contributed by atoms with Crippen molar-refractivity contribution < 1.29 is 34.4 Å². The van der Waals surface area contributed by atoms with E-state index in [-0.39, 0.29) is 48.5 Å². The van der Waals surface area contributed by atoms with Gasteiger partial charge in [0.15, 0.2) is 11.4 Å². The zero-order valence-electron chi connectivity index (χ0n) is 13.7. The van der Waals surface area contributed by atoms with Gasteiger partial charge in [0.2, 0.25) is 0 Å². The van der Waals surface area contributed by atoms with Crippen molar-refractivity contribution in [1.29, 1.82) is 0 Å². The Hall–Kier alpha value is -2.12. The van der Waals surface area contributed by atoms with Crippen molar-refractivity contribution in [2.24, 2.45) is 5.92 Å². The molecule has 0 spiro atoms. The quantitative estimate of drug-likeness (QED) is 0.408. The molecule has 1 unspecified atom stereocenters. The molecule has 1 aromatic rings. The number of aliphatic hydroxyl groups excluding tert-OH is 1. The monoisotopic (exact) mass is 338 g/mol. The topological polar surface area (TPSA) is 113 Å². The molecule has 1 saturated heterocycles. The van der Waals surface area contributed by atoms with E-state index in [1.807, 2.05) is 0 Å². The molecule has 0 radical (unpaired) electrons. The summed E-state index contributed by atoms with van der Waals surface area (Å²) in [6.45, 7) is 1.70. The Morgan fingerprint density at radius 2 is 2.12 bits per heavy atom. The largest absolute Gasteiger partial charge is 0.508 e. The van der Waals surface area contributed by atoms with Crippen LogP contribution in [-0.4, -0.2) is 52.5 Å². The van der Waals surface area contributed by atoms with Gasteiger partial charge in [-0.05, 0) is 31.0 Å². The number of carbonyl (C=O) groups excluding carboxylic acids is 2. The summed E-state index contributed by atoms with van der Waals surface area (Å²) < 4.78 is 10.6. The molecule has 0 aromatic heterocycles. The van der Waals surface area contributed by atoms with Crippen molar-refractivity contribution in [2.45, 2.75) is 37.9 Å². The number of Topliss-reactive ketones (excluding diaryl/α,β-unsaturated/α-hetero) is 1. The highest BCUT2D eigenvalue weighted by atomic mass is 16.6. The van der Waals surface area contributed by atoms with E-state index in [1.54, 1.807) is 6.92 Å². The second-order valence-electron chi connectivity index (χ2n) is 6.14. The van der Waals surface area contributed by atoms with Crippen molar-refractivity contribution >= 4 is 11.8 Å². The number of benzene rings is 1. The van der Waals surface area contributed by atoms with Gasteiger partial charge in [-0.25, -0.2) is 4.79 Å². The van der Waals surface area contributed by atoms with Crippen molar-refractivity contribution in [3.8, 4) is 11.5 Å². The second kappa shape index (κ2) is 7.19. The summed E-state index contributed by atoms with van der Waals surface area (Å²) in [4.78, 5) is 24.8. The van der Waals surface area contributed by atoms with Crippen LogP contribution in [0.4, 0.5) is 0 Å². The van der Waals surface area contributed by atoms with Gasteiger partial charge in [-0.1, -0.05) is 6.92 Å². The number of esters is 1. The van der Waals surface area contributed by atoms with Crippen LogP contribution in [0.15, 0.2) is 18.2 Å². The Morgan fingerprint density at radius 1 is 1.42 bits per heavy atom. The fourth-order valence-electron chi connectivity index (χ4n) is 2.94. The molecule has 3 N–H and O–H groups in total. The van der Waals surface area contributed by atoms with E-state index >= 15 is 0 Å². The van der Waals surface area contributed by atoms with Gasteiger partial charge in [0, 0.05) is 12.5 Å². The molecule has 7 heteroatoms. The summed E-state index contributed by atoms with van der Waals surface area (Å²) in [6, 6.07) is 3.61. The van der Waals surface area contributed by atoms with Crippen LogP contribution in [0.2, 0.25) is 0 Å². The molecule has 1 aliphatic heterocycles. The lowest BCUT2D eigenvalue weighted by atomic mass is 9.90. The first-order valence-corrected chi connectivity index (χ1v) is 7.75. The van der Waals surface area contributed by atoms with E-state index in [2.05, 4.69) is 0 Å². The first kappa shape index (κ1) is 18.2. The molecule has 1 aliphatic rings. The zero-order valence-corrected chi connectivity index (χ0v) is 13.7. The van der Waals surface area contributed by atoms with Crippen LogP contribution < -0.4 is 0 Å². The fraction of sp³-hybridized carbons (Fsp3) is 0.529. The molecule has 1 fully saturated rings. The standard InChI is InChI=1S/C17H22O7/c1-10(9-18)15-5-6-17(24-15,16(22)23-2)8-14(21)12-7-11(19)3-4-13(12)20/h3-4,7,10,15,18-20H,5-6,8-9H2,1-2H3/t10?,15-,17-/m0/s1. The Kier molecular flexibility index (Phi) is 5.46. The Bertz CT molecular complexity index is 627. The maximum Gasteiger partial charge on any atom is 0.338 e. The van der Waals surface area contributed by atoms with Gasteiger partial charge < -0.3 is 24.8 Å². The summed E-state index contributed by atoms with van der Waals surface area (Å²) >= 11 is 0. The normalized spacial score (nSPS) is 24.5. The maximum absolute atomic E-state index is 12.5. The third-order valence-electron chi connectivity index (χ3n) is 4.42. The predicted octanol–water partition coefficient (Wildman–Crippen LogP) is 1.39. The summed E-state index contributed by atoms with van der Waals surface area (Å²) in [6.07, 6.45) is 0.112. The molecule has 0 amide bonds. The summed E-state index contributed by atoms with van der Waals surface area (Å²) in [5, 5.41) is 28.6. The van der Waals surface area contributed by atoms with Crippen LogP contribution in [0.25, 0.3) is 0 Å². The number of hydrogen-bond donors (Lipinski definition) is 3. The summed E-state index contributed by atoms with van der Waals surface area (Å²) in [5.41, 5.74) is -1.53. The number of aromatic hydroxyl groups is 2. The lowest BCUT2D eigenvalue weighted by molar-refractivity contribution is -0.170. The molecule has 132 valence electrons. The number of phenolic OH excluding ortho intramolecular Hbond substituents is 2. The molecule has 1 heterocycles. The Labute approximate surface area is 139 Å². The van der Waals surface area contributed by atoms with E-state index in [1.165, 1.54) is 19.2 Å². The van der Waals surface area contributed by atoms with Gasteiger partial charge in [-0.15, -0.1) is 0 Å². The highest BCUT2D eigenvalue weighted by Crippen LogP contribution is 2.39. The SMILES string of the molecule is COC(=O)[C@@]1(CC(=O)c2cc(O)ccc2O)CC[C@@H](C(C)CO)O1. The zero-order chi connectivity index (χ0) is 17.9. The number of phenols is 2. The summed E-state index contributed by atoms with van der Waals surface area (Å²) in [7, 11) is 1.21. The third-order valence-corrected chi connectivity index (χ3v) is 4.42. The molecule has 0 saturated carbocycles. The highest BCUT2D eigenvalue weighted by molar-refractivity contribution is 6.02. The van der Waals surface area contributed by atoms with E-state index in [9.17, 15) is 24.9 Å². The molecule has 3 atom stereocenters. The number of aliphatic hydroxyl groups is 1. The highest BCUT2D eigenvalue weighted by Gasteiger charge is 2.50. The minimum Gasteiger partial charge on any atom is -0.508 e. The molecule has 0 aliphatic carbocycles. The molecule has 0 bridgehead atoms. The van der Waals surface area contributed by atoms with Gasteiger partial charge in [0.1, 0.15) is 11.5 Å². The van der Waals surface area contributed by atoms with E-state index < -0.39 is 17.4 Å². The molecule has 2 rings (SSSR count). The van der Waals surface area contributed by atoms with E-state index in [0.29, 0.717) is 6.42 Å². The van der Waals surface area contributed by atoms with Gasteiger partial charge in [0.05, 0.1) is 25.2 Å². The van der Waals surface area contributed by atoms with Crippen LogP contribution >= 0.6 is 0 Å². The van der Waals surface area contributed by atoms with Crippen molar-refractivity contribution in [3.05, 3.63) is 23.8 Å². The van der Waals surface area contributed by atoms with Gasteiger partial charge in [0.25, 0.3) is 0 Å². The van der Waals surface area contributed by atoms with Crippen LogP contribution in [0.1, 0.15) is 36.5 Å². The Morgan fingerprint density at radius 3 is 2.75 bits per heavy atom. The van der Waals surface area contributed by atoms with E-state index in [0.717, 1.165) is 6.07 Å². The van der Waals surface area contributed by atoms with Crippen LogP contribution in [0.3, 0.4) is 0 Å². The van der Waals surface area contributed by atoms with Crippen LogP contribution in [0, 0.1) is 5.92 Å². The van der Waals surface area contributed by atoms with Crippen molar-refractivity contribution in [1.82, 2.24) is 0 Å². The lowest BCUT2D eigenvalue weighted by Gasteiger charge is -2.27. The molecule has 24 heavy (non-hydrogen) atoms. The number of carbonyl (C=O) groups is 2. The number of methoxy groups -OCH3 is 1. The first-order valence-electron chi connectivity index (χ1n) is 7.75. The number of hydrogen-bond acceptors (Lipinski definition) is 7. The van der Waals surface area contributed by atoms with Gasteiger partial charge in [-0.2, -0.15) is 0 Å². The molecule has 1 aromatic carbocycles. The summed E-state index contributed by atoms with van der Waals surface area (Å²) in [5.74, 6) is -1.83.